The molecular formula is C13H17N3O. The van der Waals surface area contributed by atoms with Crippen molar-refractivity contribution in [3.63, 3.8) is 0 Å². The van der Waals surface area contributed by atoms with Gasteiger partial charge >= 0.3 is 6.01 Å². The number of rotatable bonds is 3. The van der Waals surface area contributed by atoms with E-state index < -0.39 is 0 Å². The van der Waals surface area contributed by atoms with Gasteiger partial charge in [0.25, 0.3) is 0 Å². The average Bonchev–Trinajstić information content (AvgIpc) is 2.75. The Morgan fingerprint density at radius 3 is 2.41 bits per heavy atom. The van der Waals surface area contributed by atoms with Crippen LogP contribution in [-0.2, 0) is 6.54 Å². The monoisotopic (exact) mass is 231 g/mol. The van der Waals surface area contributed by atoms with Crippen molar-refractivity contribution in [1.82, 2.24) is 4.98 Å². The third-order valence-corrected chi connectivity index (χ3v) is 2.63. The summed E-state index contributed by atoms with van der Waals surface area (Å²) in [5.41, 5.74) is 9.77. The third kappa shape index (κ3) is 2.47. The van der Waals surface area contributed by atoms with Gasteiger partial charge in [-0.15, -0.1) is 0 Å². The molecule has 90 valence electrons. The molecule has 2 rings (SSSR count). The molecule has 4 heteroatoms. The summed E-state index contributed by atoms with van der Waals surface area (Å²) < 4.78 is 5.39. The lowest BCUT2D eigenvalue weighted by atomic mass is 10.1. The topological polar surface area (TPSA) is 55.3 Å². The van der Waals surface area contributed by atoms with Gasteiger partial charge in [-0.3, -0.25) is 4.90 Å². The molecule has 1 heterocycles. The molecule has 0 unspecified atom stereocenters. The van der Waals surface area contributed by atoms with Crippen LogP contribution >= 0.6 is 0 Å². The van der Waals surface area contributed by atoms with Crippen molar-refractivity contribution in [2.75, 3.05) is 11.9 Å². The Bertz CT molecular complexity index is 499. The highest BCUT2D eigenvalue weighted by molar-refractivity contribution is 5.57. The highest BCUT2D eigenvalue weighted by atomic mass is 16.4. The second-order valence-electron chi connectivity index (χ2n) is 4.23. The molecule has 17 heavy (non-hydrogen) atoms. The van der Waals surface area contributed by atoms with Crippen molar-refractivity contribution in [2.45, 2.75) is 20.4 Å². The standard InChI is InChI=1S/C13H17N3O/c1-9-4-10(2)6-12(5-9)16(3)13-15-11(7-14)8-17-13/h4-6,8H,7,14H2,1-3H3. The molecule has 0 aliphatic heterocycles. The second kappa shape index (κ2) is 4.59. The molecule has 0 atom stereocenters. The number of hydrogen-bond acceptors (Lipinski definition) is 4. The van der Waals surface area contributed by atoms with Crippen molar-refractivity contribution < 1.29 is 4.42 Å². The van der Waals surface area contributed by atoms with Crippen LogP contribution in [0.2, 0.25) is 0 Å². The Kier molecular flexibility index (Phi) is 3.15. The minimum Gasteiger partial charge on any atom is -0.431 e. The van der Waals surface area contributed by atoms with E-state index in [1.165, 1.54) is 11.1 Å². The Balaban J connectivity index is 2.32. The minimum absolute atomic E-state index is 0.393. The van der Waals surface area contributed by atoms with Crippen molar-refractivity contribution in [1.29, 1.82) is 0 Å². The molecule has 2 N–H and O–H groups in total. The SMILES string of the molecule is Cc1cc(C)cc(N(C)c2nc(CN)co2)c1. The van der Waals surface area contributed by atoms with Crippen LogP contribution in [0.15, 0.2) is 28.9 Å². The molecular weight excluding hydrogens is 214 g/mol. The largest absolute Gasteiger partial charge is 0.431 e. The number of aromatic nitrogens is 1. The van der Waals surface area contributed by atoms with Gasteiger partial charge < -0.3 is 10.2 Å². The highest BCUT2D eigenvalue weighted by Crippen LogP contribution is 2.24. The molecule has 1 aromatic carbocycles. The fourth-order valence-electron chi connectivity index (χ4n) is 1.80. The molecule has 0 fully saturated rings. The molecule has 0 aliphatic rings. The van der Waals surface area contributed by atoms with Gasteiger partial charge in [-0.05, 0) is 37.1 Å². The Hall–Kier alpha value is -1.81. The molecule has 0 saturated carbocycles. The molecule has 1 aromatic heterocycles. The first-order chi connectivity index (χ1) is 8.10. The van der Waals surface area contributed by atoms with Gasteiger partial charge in [-0.1, -0.05) is 6.07 Å². The number of hydrogen-bond donors (Lipinski definition) is 1. The third-order valence-electron chi connectivity index (χ3n) is 2.63. The van der Waals surface area contributed by atoms with Crippen molar-refractivity contribution in [2.24, 2.45) is 5.73 Å². The van der Waals surface area contributed by atoms with Crippen LogP contribution in [0, 0.1) is 13.8 Å². The van der Waals surface area contributed by atoms with Crippen molar-refractivity contribution in [3.8, 4) is 0 Å². The maximum atomic E-state index is 5.51. The maximum Gasteiger partial charge on any atom is 0.301 e. The lowest BCUT2D eigenvalue weighted by Crippen LogP contribution is -2.10. The van der Waals surface area contributed by atoms with Crippen molar-refractivity contribution in [3.05, 3.63) is 41.3 Å². The second-order valence-corrected chi connectivity index (χ2v) is 4.23. The minimum atomic E-state index is 0.393. The Labute approximate surface area is 101 Å². The van der Waals surface area contributed by atoms with Crippen LogP contribution in [0.1, 0.15) is 16.8 Å². The van der Waals surface area contributed by atoms with E-state index in [0.29, 0.717) is 12.6 Å². The van der Waals surface area contributed by atoms with Crippen LogP contribution in [0.25, 0.3) is 0 Å². The first kappa shape index (κ1) is 11.7. The summed E-state index contributed by atoms with van der Waals surface area (Å²) in [6.45, 7) is 4.54. The summed E-state index contributed by atoms with van der Waals surface area (Å²) >= 11 is 0. The van der Waals surface area contributed by atoms with Gasteiger partial charge in [-0.2, -0.15) is 4.98 Å². The van der Waals surface area contributed by atoms with E-state index >= 15 is 0 Å². The predicted octanol–water partition coefficient (Wildman–Crippen LogP) is 2.52. The fourth-order valence-corrected chi connectivity index (χ4v) is 1.80. The van der Waals surface area contributed by atoms with Gasteiger partial charge in [-0.25, -0.2) is 0 Å². The molecule has 4 nitrogen and oxygen atoms in total. The molecule has 2 aromatic rings. The molecule has 0 saturated heterocycles. The quantitative estimate of drug-likeness (QED) is 0.881. The zero-order valence-corrected chi connectivity index (χ0v) is 10.4. The number of benzene rings is 1. The number of anilines is 2. The van der Waals surface area contributed by atoms with Gasteiger partial charge in [0.2, 0.25) is 0 Å². The predicted molar refractivity (Wildman–Crippen MR) is 68.4 cm³/mol. The van der Waals surface area contributed by atoms with E-state index in [9.17, 15) is 0 Å². The summed E-state index contributed by atoms with van der Waals surface area (Å²) in [4.78, 5) is 6.21. The van der Waals surface area contributed by atoms with Gasteiger partial charge in [0.05, 0.1) is 5.69 Å². The van der Waals surface area contributed by atoms with Crippen LogP contribution in [0.4, 0.5) is 11.7 Å². The van der Waals surface area contributed by atoms with E-state index in [4.69, 9.17) is 10.2 Å². The van der Waals surface area contributed by atoms with Gasteiger partial charge in [0.1, 0.15) is 6.26 Å². The average molecular weight is 231 g/mol. The molecule has 0 aliphatic carbocycles. The molecule has 0 bridgehead atoms. The lowest BCUT2D eigenvalue weighted by Gasteiger charge is -2.15. The smallest absolute Gasteiger partial charge is 0.301 e. The molecule has 0 radical (unpaired) electrons. The van der Waals surface area contributed by atoms with Crippen molar-refractivity contribution >= 4 is 11.7 Å². The number of nitrogens with two attached hydrogens (primary N) is 1. The molecule has 0 amide bonds. The number of nitrogens with zero attached hydrogens (tertiary/aromatic N) is 2. The number of oxazole rings is 1. The fraction of sp³-hybridized carbons (Fsp3) is 0.308. The summed E-state index contributed by atoms with van der Waals surface area (Å²) in [6.07, 6.45) is 1.59. The van der Waals surface area contributed by atoms with Crippen LogP contribution in [0.3, 0.4) is 0 Å². The Morgan fingerprint density at radius 2 is 1.88 bits per heavy atom. The van der Waals surface area contributed by atoms with Gasteiger partial charge in [0, 0.05) is 19.3 Å². The summed E-state index contributed by atoms with van der Waals surface area (Å²) in [5.74, 6) is 0. The van der Waals surface area contributed by atoms with E-state index in [1.807, 2.05) is 11.9 Å². The zero-order valence-electron chi connectivity index (χ0n) is 10.4. The van der Waals surface area contributed by atoms with Gasteiger partial charge in [0.15, 0.2) is 0 Å². The summed E-state index contributed by atoms with van der Waals surface area (Å²) in [5, 5.41) is 0. The highest BCUT2D eigenvalue weighted by Gasteiger charge is 2.10. The normalized spacial score (nSPS) is 10.6. The van der Waals surface area contributed by atoms with E-state index in [1.54, 1.807) is 6.26 Å². The van der Waals surface area contributed by atoms with E-state index in [0.717, 1.165) is 11.4 Å². The van der Waals surface area contributed by atoms with Crippen LogP contribution in [-0.4, -0.2) is 12.0 Å². The maximum absolute atomic E-state index is 5.51. The lowest BCUT2D eigenvalue weighted by molar-refractivity contribution is 0.559. The summed E-state index contributed by atoms with van der Waals surface area (Å²) in [6, 6.07) is 6.90. The van der Waals surface area contributed by atoms with E-state index in [2.05, 4.69) is 37.0 Å². The molecule has 0 spiro atoms. The number of aryl methyl sites for hydroxylation is 2. The van der Waals surface area contributed by atoms with E-state index in [-0.39, 0.29) is 0 Å². The first-order valence-electron chi connectivity index (χ1n) is 5.56. The van der Waals surface area contributed by atoms with Crippen LogP contribution < -0.4 is 10.6 Å². The Morgan fingerprint density at radius 1 is 1.24 bits per heavy atom. The summed E-state index contributed by atoms with van der Waals surface area (Å²) in [7, 11) is 1.93. The zero-order chi connectivity index (χ0) is 12.4. The first-order valence-corrected chi connectivity index (χ1v) is 5.56. The van der Waals surface area contributed by atoms with Crippen LogP contribution in [0.5, 0.6) is 0 Å².